The molecule has 2 heterocycles. The highest BCUT2D eigenvalue weighted by Gasteiger charge is 2.18. The lowest BCUT2D eigenvalue weighted by Crippen LogP contribution is -2.32. The molecule has 2 N–H and O–H groups in total. The van der Waals surface area contributed by atoms with Crippen molar-refractivity contribution in [2.75, 3.05) is 55.9 Å². The number of likely N-dealkylation sites (tertiary alicyclic amines) is 1. The molecule has 182 valence electrons. The Morgan fingerprint density at radius 1 is 1.17 bits per heavy atom. The molecule has 0 aliphatic carbocycles. The first kappa shape index (κ1) is 24.2. The van der Waals surface area contributed by atoms with Gasteiger partial charge in [-0.05, 0) is 38.1 Å². The molecule has 1 aromatic heterocycles. The van der Waals surface area contributed by atoms with Crippen LogP contribution in [-0.4, -0.2) is 66.1 Å². The van der Waals surface area contributed by atoms with E-state index in [1.165, 1.54) is 25.2 Å². The fourth-order valence-corrected chi connectivity index (χ4v) is 4.06. The average molecular weight is 474 g/mol. The number of amides is 1. The van der Waals surface area contributed by atoms with Gasteiger partial charge in [0.1, 0.15) is 12.1 Å². The molecule has 0 unspecified atom stereocenters. The standard InChI is InChI=1S/C26H31N7O2/c1-4-24(34)29-20-16-21(30-26-28-18-27-25(31-26)19-10-6-5-7-11-19)23(35-3)17-22(20)32(2)14-15-33-12-8-9-13-33/h4-7,10-11,16-18H,1,8-9,12-15H2,2-3H3,(H,29,34)(H,27,28,30,31). The maximum absolute atomic E-state index is 12.2. The number of nitrogens with one attached hydrogen (secondary N) is 2. The number of carbonyl (C=O) groups is 1. The summed E-state index contributed by atoms with van der Waals surface area (Å²) < 4.78 is 5.68. The summed E-state index contributed by atoms with van der Waals surface area (Å²) in [5.41, 5.74) is 2.99. The van der Waals surface area contributed by atoms with Gasteiger partial charge in [-0.1, -0.05) is 36.9 Å². The van der Waals surface area contributed by atoms with E-state index in [0.29, 0.717) is 28.9 Å². The van der Waals surface area contributed by atoms with Crippen molar-refractivity contribution in [2.24, 2.45) is 0 Å². The Balaban J connectivity index is 1.62. The van der Waals surface area contributed by atoms with Crippen LogP contribution in [0.5, 0.6) is 5.75 Å². The summed E-state index contributed by atoms with van der Waals surface area (Å²) in [6.07, 6.45) is 5.22. The lowest BCUT2D eigenvalue weighted by atomic mass is 10.2. The Morgan fingerprint density at radius 2 is 1.94 bits per heavy atom. The quantitative estimate of drug-likeness (QED) is 0.428. The number of nitrogens with zero attached hydrogens (tertiary/aromatic N) is 5. The molecule has 0 bridgehead atoms. The molecule has 0 radical (unpaired) electrons. The molecule has 1 fully saturated rings. The molecule has 1 amide bonds. The molecule has 35 heavy (non-hydrogen) atoms. The second-order valence-corrected chi connectivity index (χ2v) is 8.36. The predicted octanol–water partition coefficient (Wildman–Crippen LogP) is 3.95. The van der Waals surface area contributed by atoms with Gasteiger partial charge in [0, 0.05) is 31.8 Å². The number of hydrogen-bond donors (Lipinski definition) is 2. The maximum Gasteiger partial charge on any atom is 0.247 e. The van der Waals surface area contributed by atoms with Crippen LogP contribution in [0.3, 0.4) is 0 Å². The van der Waals surface area contributed by atoms with E-state index in [9.17, 15) is 4.79 Å². The van der Waals surface area contributed by atoms with Crippen LogP contribution in [0.4, 0.5) is 23.0 Å². The highest BCUT2D eigenvalue weighted by atomic mass is 16.5. The maximum atomic E-state index is 12.2. The van der Waals surface area contributed by atoms with Crippen molar-refractivity contribution in [1.29, 1.82) is 0 Å². The zero-order valence-corrected chi connectivity index (χ0v) is 20.2. The van der Waals surface area contributed by atoms with E-state index in [0.717, 1.165) is 37.4 Å². The molecular formula is C26H31N7O2. The van der Waals surface area contributed by atoms with Crippen molar-refractivity contribution in [1.82, 2.24) is 19.9 Å². The van der Waals surface area contributed by atoms with E-state index < -0.39 is 0 Å². The van der Waals surface area contributed by atoms with Gasteiger partial charge in [-0.2, -0.15) is 4.98 Å². The number of aromatic nitrogens is 3. The van der Waals surface area contributed by atoms with E-state index in [1.807, 2.05) is 49.5 Å². The lowest BCUT2D eigenvalue weighted by Gasteiger charge is -2.26. The first-order chi connectivity index (χ1) is 17.1. The zero-order valence-electron chi connectivity index (χ0n) is 20.2. The molecule has 1 aliphatic heterocycles. The van der Waals surface area contributed by atoms with Crippen molar-refractivity contribution >= 4 is 28.9 Å². The van der Waals surface area contributed by atoms with Gasteiger partial charge >= 0.3 is 0 Å². The first-order valence-corrected chi connectivity index (χ1v) is 11.7. The summed E-state index contributed by atoms with van der Waals surface area (Å²) >= 11 is 0. The molecule has 0 atom stereocenters. The van der Waals surface area contributed by atoms with Crippen LogP contribution in [0.25, 0.3) is 11.4 Å². The number of ether oxygens (including phenoxy) is 1. The third-order valence-corrected chi connectivity index (χ3v) is 5.97. The van der Waals surface area contributed by atoms with E-state index in [-0.39, 0.29) is 5.91 Å². The number of hydrogen-bond acceptors (Lipinski definition) is 8. The van der Waals surface area contributed by atoms with Crippen LogP contribution in [0.15, 0.2) is 61.4 Å². The van der Waals surface area contributed by atoms with Gasteiger partial charge in [-0.25, -0.2) is 9.97 Å². The molecule has 1 saturated heterocycles. The van der Waals surface area contributed by atoms with Crippen molar-refractivity contribution in [3.8, 4) is 17.1 Å². The Hall–Kier alpha value is -3.98. The Bertz CT molecular complexity index is 1160. The van der Waals surface area contributed by atoms with Gasteiger partial charge in [0.2, 0.25) is 11.9 Å². The van der Waals surface area contributed by atoms with Crippen molar-refractivity contribution in [3.05, 3.63) is 61.4 Å². The van der Waals surface area contributed by atoms with Crippen LogP contribution in [-0.2, 0) is 4.79 Å². The average Bonchev–Trinajstić information content (AvgIpc) is 3.42. The molecule has 1 aliphatic rings. The van der Waals surface area contributed by atoms with E-state index in [2.05, 4.69) is 42.0 Å². The largest absolute Gasteiger partial charge is 0.494 e. The number of carbonyl (C=O) groups excluding carboxylic acids is 1. The highest BCUT2D eigenvalue weighted by Crippen LogP contribution is 2.38. The summed E-state index contributed by atoms with van der Waals surface area (Å²) in [5, 5.41) is 6.14. The van der Waals surface area contributed by atoms with Gasteiger partial charge in [0.15, 0.2) is 5.82 Å². The summed E-state index contributed by atoms with van der Waals surface area (Å²) in [6, 6.07) is 13.4. The smallest absolute Gasteiger partial charge is 0.247 e. The second kappa shape index (κ2) is 11.4. The summed E-state index contributed by atoms with van der Waals surface area (Å²) in [7, 11) is 3.62. The van der Waals surface area contributed by atoms with Crippen LogP contribution >= 0.6 is 0 Å². The van der Waals surface area contributed by atoms with Crippen LogP contribution in [0.2, 0.25) is 0 Å². The van der Waals surface area contributed by atoms with Crippen LogP contribution in [0.1, 0.15) is 12.8 Å². The predicted molar refractivity (Wildman–Crippen MR) is 139 cm³/mol. The lowest BCUT2D eigenvalue weighted by molar-refractivity contribution is -0.111. The molecule has 4 rings (SSSR count). The van der Waals surface area contributed by atoms with Gasteiger partial charge in [0.25, 0.3) is 0 Å². The van der Waals surface area contributed by atoms with Crippen molar-refractivity contribution in [2.45, 2.75) is 12.8 Å². The number of methoxy groups -OCH3 is 1. The minimum atomic E-state index is -0.290. The zero-order chi connectivity index (χ0) is 24.6. The molecule has 0 saturated carbocycles. The number of rotatable bonds is 10. The van der Waals surface area contributed by atoms with Crippen molar-refractivity contribution < 1.29 is 9.53 Å². The Kier molecular flexibility index (Phi) is 7.89. The van der Waals surface area contributed by atoms with Crippen molar-refractivity contribution in [3.63, 3.8) is 0 Å². The third-order valence-electron chi connectivity index (χ3n) is 5.97. The fourth-order valence-electron chi connectivity index (χ4n) is 4.06. The molecular weight excluding hydrogens is 442 g/mol. The minimum Gasteiger partial charge on any atom is -0.494 e. The monoisotopic (exact) mass is 473 g/mol. The normalized spacial score (nSPS) is 13.3. The summed E-state index contributed by atoms with van der Waals surface area (Å²) in [5.74, 6) is 1.24. The summed E-state index contributed by atoms with van der Waals surface area (Å²) in [4.78, 5) is 29.9. The highest BCUT2D eigenvalue weighted by molar-refractivity contribution is 6.02. The van der Waals surface area contributed by atoms with E-state index in [4.69, 9.17) is 4.74 Å². The van der Waals surface area contributed by atoms with Gasteiger partial charge < -0.3 is 25.2 Å². The first-order valence-electron chi connectivity index (χ1n) is 11.7. The number of anilines is 4. The Morgan fingerprint density at radius 3 is 2.66 bits per heavy atom. The second-order valence-electron chi connectivity index (χ2n) is 8.36. The summed E-state index contributed by atoms with van der Waals surface area (Å²) in [6.45, 7) is 7.63. The van der Waals surface area contributed by atoms with Crippen LogP contribution in [0, 0.1) is 0 Å². The van der Waals surface area contributed by atoms with Gasteiger partial charge in [-0.15, -0.1) is 0 Å². The molecule has 2 aromatic carbocycles. The minimum absolute atomic E-state index is 0.290. The SMILES string of the molecule is C=CC(=O)Nc1cc(Nc2ncnc(-c3ccccc3)n2)c(OC)cc1N(C)CCN1CCCC1. The topological polar surface area (TPSA) is 95.5 Å². The Labute approximate surface area is 205 Å². The van der Waals surface area contributed by atoms with Crippen LogP contribution < -0.4 is 20.3 Å². The van der Waals surface area contributed by atoms with E-state index >= 15 is 0 Å². The number of likely N-dealkylation sites (N-methyl/N-ethyl adjacent to an activating group) is 1. The molecule has 9 nitrogen and oxygen atoms in total. The molecule has 9 heteroatoms. The molecule has 3 aromatic rings. The fraction of sp³-hybridized carbons (Fsp3) is 0.308. The third kappa shape index (κ3) is 6.13. The van der Waals surface area contributed by atoms with E-state index in [1.54, 1.807) is 7.11 Å². The molecule has 0 spiro atoms. The van der Waals surface area contributed by atoms with Gasteiger partial charge in [0.05, 0.1) is 24.2 Å². The van der Waals surface area contributed by atoms with Gasteiger partial charge in [-0.3, -0.25) is 4.79 Å². The number of benzene rings is 2.